The van der Waals surface area contributed by atoms with Crippen molar-refractivity contribution in [3.63, 3.8) is 0 Å². The van der Waals surface area contributed by atoms with Gasteiger partial charge in [0, 0.05) is 16.5 Å². The van der Waals surface area contributed by atoms with Crippen molar-refractivity contribution >= 4 is 28.8 Å². The van der Waals surface area contributed by atoms with Crippen LogP contribution in [0.1, 0.15) is 49.8 Å². The first-order valence-electron chi connectivity index (χ1n) is 11.2. The summed E-state index contributed by atoms with van der Waals surface area (Å²) in [5, 5.41) is 16.8. The Kier molecular flexibility index (Phi) is 7.73. The molecule has 2 atom stereocenters. The van der Waals surface area contributed by atoms with Crippen LogP contribution in [0.5, 0.6) is 5.75 Å². The number of aliphatic carboxylic acids is 1. The number of carboxylic acids is 1. The SMILES string of the molecule is CC[C@H](C)[C@H](NC(=O)CNC(=O)COc1ccc2c3c(c(=O)oc2c1C)CCCC3)C(=O)[O-]. The summed E-state index contributed by atoms with van der Waals surface area (Å²) in [6, 6.07) is 2.45. The summed E-state index contributed by atoms with van der Waals surface area (Å²) in [5.74, 6) is -2.46. The smallest absolute Gasteiger partial charge is 0.339 e. The van der Waals surface area contributed by atoms with Crippen LogP contribution in [0, 0.1) is 12.8 Å². The Balaban J connectivity index is 1.60. The molecule has 0 radical (unpaired) electrons. The van der Waals surface area contributed by atoms with E-state index < -0.39 is 23.8 Å². The summed E-state index contributed by atoms with van der Waals surface area (Å²) in [5.41, 5.74) is 2.52. The molecule has 0 aliphatic heterocycles. The number of carbonyl (C=O) groups excluding carboxylic acids is 3. The zero-order chi connectivity index (χ0) is 24.1. The average Bonchev–Trinajstić information content (AvgIpc) is 2.80. The van der Waals surface area contributed by atoms with Gasteiger partial charge in [-0.2, -0.15) is 0 Å². The van der Waals surface area contributed by atoms with Gasteiger partial charge in [0.05, 0.1) is 18.6 Å². The fourth-order valence-corrected chi connectivity index (χ4v) is 4.05. The molecule has 1 heterocycles. The lowest BCUT2D eigenvalue weighted by Gasteiger charge is -2.25. The molecule has 3 rings (SSSR count). The van der Waals surface area contributed by atoms with E-state index >= 15 is 0 Å². The molecule has 2 amide bonds. The maximum absolute atomic E-state index is 12.4. The zero-order valence-electron chi connectivity index (χ0n) is 19.1. The molecule has 2 aromatic rings. The summed E-state index contributed by atoms with van der Waals surface area (Å²) in [6.45, 7) is 4.51. The van der Waals surface area contributed by atoms with Crippen molar-refractivity contribution in [1.82, 2.24) is 10.6 Å². The topological polar surface area (TPSA) is 138 Å². The second-order valence-corrected chi connectivity index (χ2v) is 8.43. The minimum atomic E-state index is -1.37. The normalized spacial score (nSPS) is 14.8. The lowest BCUT2D eigenvalue weighted by atomic mass is 9.90. The van der Waals surface area contributed by atoms with E-state index in [1.165, 1.54) is 0 Å². The van der Waals surface area contributed by atoms with Crippen LogP contribution in [0.25, 0.3) is 11.0 Å². The van der Waals surface area contributed by atoms with E-state index in [1.54, 1.807) is 26.8 Å². The number of rotatable bonds is 9. The molecule has 9 heteroatoms. The number of aryl methyl sites for hydroxylation is 2. The van der Waals surface area contributed by atoms with Gasteiger partial charge >= 0.3 is 5.63 Å². The Labute approximate surface area is 191 Å². The monoisotopic (exact) mass is 457 g/mol. The predicted molar refractivity (Wildman–Crippen MR) is 119 cm³/mol. The molecule has 1 aliphatic rings. The molecule has 1 aromatic heterocycles. The number of ether oxygens (including phenoxy) is 1. The number of nitrogens with one attached hydrogen (secondary N) is 2. The Morgan fingerprint density at radius 1 is 1.15 bits per heavy atom. The van der Waals surface area contributed by atoms with Gasteiger partial charge in [-0.15, -0.1) is 0 Å². The third-order valence-electron chi connectivity index (χ3n) is 6.18. The van der Waals surface area contributed by atoms with Gasteiger partial charge in [0.25, 0.3) is 5.91 Å². The molecule has 1 aromatic carbocycles. The second-order valence-electron chi connectivity index (χ2n) is 8.43. The van der Waals surface area contributed by atoms with E-state index in [0.29, 0.717) is 23.3 Å². The molecule has 178 valence electrons. The van der Waals surface area contributed by atoms with E-state index in [0.717, 1.165) is 42.2 Å². The molecule has 0 fully saturated rings. The molecular weight excluding hydrogens is 428 g/mol. The standard InChI is InChI=1S/C24H30N2O7/c1-4-13(2)21(23(29)30)26-19(27)11-25-20(28)12-32-18-10-9-16-15-7-5-6-8-17(15)24(31)33-22(16)14(18)3/h9-10,13,21H,4-8,11-12H2,1-3H3,(H,25,28)(H,26,27)(H,29,30)/p-1/t13-,21-/m0/s1. The molecule has 9 nitrogen and oxygen atoms in total. The van der Waals surface area contributed by atoms with Crippen molar-refractivity contribution in [1.29, 1.82) is 0 Å². The molecule has 0 bridgehead atoms. The van der Waals surface area contributed by atoms with Crippen molar-refractivity contribution in [2.24, 2.45) is 5.92 Å². The average molecular weight is 458 g/mol. The number of hydrogen-bond donors (Lipinski definition) is 2. The molecule has 0 unspecified atom stereocenters. The highest BCUT2D eigenvalue weighted by molar-refractivity contribution is 5.88. The Hall–Kier alpha value is -3.36. The summed E-state index contributed by atoms with van der Waals surface area (Å²) in [4.78, 5) is 47.7. The van der Waals surface area contributed by atoms with Crippen LogP contribution in [0.15, 0.2) is 21.3 Å². The van der Waals surface area contributed by atoms with Gasteiger partial charge in [0.15, 0.2) is 6.61 Å². The molecule has 33 heavy (non-hydrogen) atoms. The van der Waals surface area contributed by atoms with E-state index in [4.69, 9.17) is 9.15 Å². The third kappa shape index (κ3) is 5.53. The van der Waals surface area contributed by atoms with Gasteiger partial charge in [-0.05, 0) is 56.2 Å². The minimum absolute atomic E-state index is 0.306. The Bertz CT molecular complexity index is 1120. The van der Waals surface area contributed by atoms with Gasteiger partial charge in [0.1, 0.15) is 11.3 Å². The fourth-order valence-electron chi connectivity index (χ4n) is 4.05. The first-order valence-corrected chi connectivity index (χ1v) is 11.2. The van der Waals surface area contributed by atoms with Gasteiger partial charge in [-0.1, -0.05) is 20.3 Å². The maximum Gasteiger partial charge on any atom is 0.339 e. The van der Waals surface area contributed by atoms with Crippen LogP contribution in [0.2, 0.25) is 0 Å². The number of fused-ring (bicyclic) bond motifs is 3. The molecule has 0 saturated carbocycles. The summed E-state index contributed by atoms with van der Waals surface area (Å²) in [7, 11) is 0. The number of carboxylic acid groups (broad SMARTS) is 1. The lowest BCUT2D eigenvalue weighted by molar-refractivity contribution is -0.309. The van der Waals surface area contributed by atoms with Gasteiger partial charge in [-0.3, -0.25) is 9.59 Å². The molecular formula is C24H29N2O7-. The van der Waals surface area contributed by atoms with E-state index in [9.17, 15) is 24.3 Å². The van der Waals surface area contributed by atoms with Crippen LogP contribution in [0.3, 0.4) is 0 Å². The number of carbonyl (C=O) groups is 3. The largest absolute Gasteiger partial charge is 0.548 e. The predicted octanol–water partition coefficient (Wildman–Crippen LogP) is 0.756. The van der Waals surface area contributed by atoms with Crippen LogP contribution >= 0.6 is 0 Å². The molecule has 2 N–H and O–H groups in total. The maximum atomic E-state index is 12.4. The van der Waals surface area contributed by atoms with Crippen molar-refractivity contribution < 1.29 is 28.6 Å². The van der Waals surface area contributed by atoms with Crippen molar-refractivity contribution in [3.8, 4) is 5.75 Å². The quantitative estimate of drug-likeness (QED) is 0.530. The molecule has 1 aliphatic carbocycles. The third-order valence-corrected chi connectivity index (χ3v) is 6.18. The summed E-state index contributed by atoms with van der Waals surface area (Å²) >= 11 is 0. The van der Waals surface area contributed by atoms with E-state index in [1.807, 2.05) is 6.07 Å². The summed E-state index contributed by atoms with van der Waals surface area (Å²) < 4.78 is 11.1. The van der Waals surface area contributed by atoms with Gasteiger partial charge in [0.2, 0.25) is 5.91 Å². The minimum Gasteiger partial charge on any atom is -0.548 e. The first-order chi connectivity index (χ1) is 15.7. The second kappa shape index (κ2) is 10.5. The van der Waals surface area contributed by atoms with Gasteiger partial charge in [-0.25, -0.2) is 4.79 Å². The number of benzene rings is 1. The Morgan fingerprint density at radius 2 is 1.85 bits per heavy atom. The molecule has 0 spiro atoms. The first kappa shape index (κ1) is 24.3. The van der Waals surface area contributed by atoms with Crippen LogP contribution in [-0.4, -0.2) is 37.0 Å². The highest BCUT2D eigenvalue weighted by Crippen LogP contribution is 2.32. The van der Waals surface area contributed by atoms with E-state index in [-0.39, 0.29) is 24.7 Å². The molecule has 0 saturated heterocycles. The Morgan fingerprint density at radius 3 is 2.52 bits per heavy atom. The van der Waals surface area contributed by atoms with Crippen LogP contribution < -0.4 is 26.1 Å². The van der Waals surface area contributed by atoms with Crippen molar-refractivity contribution in [3.05, 3.63) is 39.2 Å². The number of amides is 2. The lowest BCUT2D eigenvalue weighted by Crippen LogP contribution is -2.53. The zero-order valence-corrected chi connectivity index (χ0v) is 19.1. The summed E-state index contributed by atoms with van der Waals surface area (Å²) in [6.07, 6.45) is 4.10. The highest BCUT2D eigenvalue weighted by atomic mass is 16.5. The van der Waals surface area contributed by atoms with Gasteiger partial charge < -0.3 is 29.7 Å². The van der Waals surface area contributed by atoms with Crippen molar-refractivity contribution in [2.45, 2.75) is 58.9 Å². The highest BCUT2D eigenvalue weighted by Gasteiger charge is 2.21. The van der Waals surface area contributed by atoms with E-state index in [2.05, 4.69) is 10.6 Å². The fraction of sp³-hybridized carbons (Fsp3) is 0.500. The van der Waals surface area contributed by atoms with Crippen LogP contribution in [-0.2, 0) is 27.2 Å². The van der Waals surface area contributed by atoms with Crippen LogP contribution in [0.4, 0.5) is 0 Å². The van der Waals surface area contributed by atoms with Crippen molar-refractivity contribution in [2.75, 3.05) is 13.2 Å². The number of hydrogen-bond acceptors (Lipinski definition) is 7.